The normalized spacial score (nSPS) is 10.3. The lowest BCUT2D eigenvalue weighted by atomic mass is 10.2. The van der Waals surface area contributed by atoms with Gasteiger partial charge in [-0.3, -0.25) is 9.48 Å². The van der Waals surface area contributed by atoms with Gasteiger partial charge in [0.2, 0.25) is 0 Å². The molecule has 0 aliphatic heterocycles. The van der Waals surface area contributed by atoms with Crippen LogP contribution in [0.5, 0.6) is 0 Å². The highest BCUT2D eigenvalue weighted by Gasteiger charge is 2.05. The molecule has 0 bridgehead atoms. The number of aromatic nitrogens is 2. The molecule has 100 valence electrons. The number of amides is 1. The number of benzene rings is 1. The molecule has 0 aliphatic rings. The van der Waals surface area contributed by atoms with E-state index in [1.807, 2.05) is 43.0 Å². The van der Waals surface area contributed by atoms with E-state index in [1.54, 1.807) is 13.1 Å². The summed E-state index contributed by atoms with van der Waals surface area (Å²) in [6.45, 7) is 2.72. The van der Waals surface area contributed by atoms with Crippen LogP contribution in [0.4, 0.5) is 5.69 Å². The van der Waals surface area contributed by atoms with E-state index in [-0.39, 0.29) is 5.91 Å². The van der Waals surface area contributed by atoms with Crippen LogP contribution in [-0.2, 0) is 13.6 Å². The Kier molecular flexibility index (Phi) is 3.85. The van der Waals surface area contributed by atoms with Crippen LogP contribution in [0.1, 0.15) is 21.6 Å². The van der Waals surface area contributed by atoms with Gasteiger partial charge in [0.05, 0.1) is 6.20 Å². The fraction of sp³-hybridized carbons (Fsp3) is 0.286. The van der Waals surface area contributed by atoms with Crippen LogP contribution in [-0.4, -0.2) is 22.7 Å². The topological polar surface area (TPSA) is 59.0 Å². The molecular weight excluding hydrogens is 240 g/mol. The summed E-state index contributed by atoms with van der Waals surface area (Å²) in [5, 5.41) is 10.1. The van der Waals surface area contributed by atoms with Crippen molar-refractivity contribution in [2.45, 2.75) is 13.5 Å². The van der Waals surface area contributed by atoms with Gasteiger partial charge in [-0.05, 0) is 25.1 Å². The first kappa shape index (κ1) is 13.1. The zero-order chi connectivity index (χ0) is 13.8. The lowest BCUT2D eigenvalue weighted by Gasteiger charge is -2.08. The molecule has 0 atom stereocenters. The van der Waals surface area contributed by atoms with Gasteiger partial charge in [-0.15, -0.1) is 0 Å². The minimum absolute atomic E-state index is 0.0822. The number of carbonyl (C=O) groups excluding carboxylic acids is 1. The number of rotatable bonds is 4. The summed E-state index contributed by atoms with van der Waals surface area (Å²) >= 11 is 0. The lowest BCUT2D eigenvalue weighted by Crippen LogP contribution is -2.17. The number of aryl methyl sites for hydroxylation is 1. The molecule has 0 spiro atoms. The Labute approximate surface area is 112 Å². The Morgan fingerprint density at radius 3 is 2.84 bits per heavy atom. The van der Waals surface area contributed by atoms with E-state index >= 15 is 0 Å². The highest BCUT2D eigenvalue weighted by molar-refractivity contribution is 5.94. The highest BCUT2D eigenvalue weighted by Crippen LogP contribution is 2.13. The third-order valence-electron chi connectivity index (χ3n) is 3.17. The van der Waals surface area contributed by atoms with E-state index < -0.39 is 0 Å². The van der Waals surface area contributed by atoms with E-state index in [2.05, 4.69) is 15.7 Å². The highest BCUT2D eigenvalue weighted by atomic mass is 16.1. The van der Waals surface area contributed by atoms with Gasteiger partial charge >= 0.3 is 0 Å². The summed E-state index contributed by atoms with van der Waals surface area (Å²) in [5.74, 6) is -0.0822. The van der Waals surface area contributed by atoms with Crippen molar-refractivity contribution in [3.05, 3.63) is 47.3 Å². The first-order valence-electron chi connectivity index (χ1n) is 6.15. The molecule has 5 heteroatoms. The van der Waals surface area contributed by atoms with E-state index in [9.17, 15) is 4.79 Å². The molecular formula is C14H18N4O. The SMILES string of the molecule is CNC(=O)c1cccc(NCc2cnn(C)c2C)c1. The summed E-state index contributed by atoms with van der Waals surface area (Å²) in [4.78, 5) is 11.5. The molecule has 2 N–H and O–H groups in total. The van der Waals surface area contributed by atoms with Crippen LogP contribution in [0.25, 0.3) is 0 Å². The van der Waals surface area contributed by atoms with Gasteiger partial charge < -0.3 is 10.6 Å². The molecule has 1 aromatic heterocycles. The lowest BCUT2D eigenvalue weighted by molar-refractivity contribution is 0.0963. The summed E-state index contributed by atoms with van der Waals surface area (Å²) in [6, 6.07) is 7.44. The third kappa shape index (κ3) is 2.93. The second-order valence-electron chi connectivity index (χ2n) is 4.39. The Balaban J connectivity index is 2.07. The van der Waals surface area contributed by atoms with Crippen molar-refractivity contribution in [1.29, 1.82) is 0 Å². The van der Waals surface area contributed by atoms with E-state index in [4.69, 9.17) is 0 Å². The minimum atomic E-state index is -0.0822. The van der Waals surface area contributed by atoms with Gasteiger partial charge in [-0.2, -0.15) is 5.10 Å². The number of hydrogen-bond acceptors (Lipinski definition) is 3. The average Bonchev–Trinajstić information content (AvgIpc) is 2.76. The average molecular weight is 258 g/mol. The maximum atomic E-state index is 11.5. The number of nitrogens with one attached hydrogen (secondary N) is 2. The predicted octanol–water partition coefficient (Wildman–Crippen LogP) is 1.70. The van der Waals surface area contributed by atoms with Gasteiger partial charge in [0.25, 0.3) is 5.91 Å². The third-order valence-corrected chi connectivity index (χ3v) is 3.17. The van der Waals surface area contributed by atoms with Gasteiger partial charge in [0.1, 0.15) is 0 Å². The molecule has 1 amide bonds. The van der Waals surface area contributed by atoms with Gasteiger partial charge in [0, 0.05) is 43.1 Å². The van der Waals surface area contributed by atoms with Crippen molar-refractivity contribution in [2.24, 2.45) is 7.05 Å². The summed E-state index contributed by atoms with van der Waals surface area (Å²) in [5.41, 5.74) is 3.85. The number of carbonyl (C=O) groups is 1. The molecule has 0 saturated carbocycles. The van der Waals surface area contributed by atoms with E-state index in [1.165, 1.54) is 0 Å². The molecule has 0 aliphatic carbocycles. The molecule has 0 unspecified atom stereocenters. The van der Waals surface area contributed by atoms with Gasteiger partial charge in [0.15, 0.2) is 0 Å². The molecule has 0 fully saturated rings. The van der Waals surface area contributed by atoms with E-state index in [0.29, 0.717) is 12.1 Å². The maximum Gasteiger partial charge on any atom is 0.251 e. The van der Waals surface area contributed by atoms with Crippen molar-refractivity contribution in [3.63, 3.8) is 0 Å². The van der Waals surface area contributed by atoms with Crippen LogP contribution < -0.4 is 10.6 Å². The zero-order valence-corrected chi connectivity index (χ0v) is 11.4. The van der Waals surface area contributed by atoms with E-state index in [0.717, 1.165) is 16.9 Å². The zero-order valence-electron chi connectivity index (χ0n) is 11.4. The number of nitrogens with zero attached hydrogens (tertiary/aromatic N) is 2. The summed E-state index contributed by atoms with van der Waals surface area (Å²) in [6.07, 6.45) is 1.85. The fourth-order valence-corrected chi connectivity index (χ4v) is 1.83. The Morgan fingerprint density at radius 1 is 1.42 bits per heavy atom. The molecule has 2 rings (SSSR count). The van der Waals surface area contributed by atoms with Crippen LogP contribution in [0.3, 0.4) is 0 Å². The molecule has 1 aromatic carbocycles. The molecule has 0 saturated heterocycles. The van der Waals surface area contributed by atoms with Crippen LogP contribution in [0, 0.1) is 6.92 Å². The van der Waals surface area contributed by atoms with Crippen LogP contribution >= 0.6 is 0 Å². The van der Waals surface area contributed by atoms with Gasteiger partial charge in [-0.25, -0.2) is 0 Å². The second-order valence-corrected chi connectivity index (χ2v) is 4.39. The number of hydrogen-bond donors (Lipinski definition) is 2. The first-order valence-corrected chi connectivity index (χ1v) is 6.15. The van der Waals surface area contributed by atoms with Crippen molar-refractivity contribution in [3.8, 4) is 0 Å². The predicted molar refractivity (Wildman–Crippen MR) is 75.1 cm³/mol. The largest absolute Gasteiger partial charge is 0.381 e. The quantitative estimate of drug-likeness (QED) is 0.877. The van der Waals surface area contributed by atoms with Crippen LogP contribution in [0.2, 0.25) is 0 Å². The van der Waals surface area contributed by atoms with Crippen molar-refractivity contribution in [2.75, 3.05) is 12.4 Å². The molecule has 2 aromatic rings. The Hall–Kier alpha value is -2.30. The minimum Gasteiger partial charge on any atom is -0.381 e. The standard InChI is InChI=1S/C14H18N4O/c1-10-12(9-17-18(10)3)8-16-13-6-4-5-11(7-13)14(19)15-2/h4-7,9,16H,8H2,1-3H3,(H,15,19). The number of anilines is 1. The maximum absolute atomic E-state index is 11.5. The molecule has 5 nitrogen and oxygen atoms in total. The van der Waals surface area contributed by atoms with Gasteiger partial charge in [-0.1, -0.05) is 6.07 Å². The summed E-state index contributed by atoms with van der Waals surface area (Å²) < 4.78 is 1.85. The molecule has 0 radical (unpaired) electrons. The molecule has 19 heavy (non-hydrogen) atoms. The van der Waals surface area contributed by atoms with Crippen molar-refractivity contribution in [1.82, 2.24) is 15.1 Å². The molecule has 1 heterocycles. The monoisotopic (exact) mass is 258 g/mol. The Bertz CT molecular complexity index is 589. The smallest absolute Gasteiger partial charge is 0.251 e. The fourth-order valence-electron chi connectivity index (χ4n) is 1.83. The van der Waals surface area contributed by atoms with Crippen molar-refractivity contribution < 1.29 is 4.79 Å². The van der Waals surface area contributed by atoms with Crippen LogP contribution in [0.15, 0.2) is 30.5 Å². The summed E-state index contributed by atoms with van der Waals surface area (Å²) in [7, 11) is 3.55. The Morgan fingerprint density at radius 2 is 2.21 bits per heavy atom. The second kappa shape index (κ2) is 5.56. The van der Waals surface area contributed by atoms with Crippen molar-refractivity contribution >= 4 is 11.6 Å². The first-order chi connectivity index (χ1) is 9.11.